The summed E-state index contributed by atoms with van der Waals surface area (Å²) in [4.78, 5) is 13.1. The van der Waals surface area contributed by atoms with E-state index in [0.29, 0.717) is 16.1 Å². The van der Waals surface area contributed by atoms with Gasteiger partial charge in [0.1, 0.15) is 0 Å². The van der Waals surface area contributed by atoms with Gasteiger partial charge in [0.15, 0.2) is 0 Å². The Balaban J connectivity index is 1.19. The molecule has 1 aromatic rings. The monoisotopic (exact) mass is 546 g/mol. The van der Waals surface area contributed by atoms with Gasteiger partial charge in [-0.15, -0.1) is 0 Å². The number of unbranched alkanes of at least 4 members (excludes halogenated alkanes) is 5. The van der Waals surface area contributed by atoms with Crippen LogP contribution < -0.4 is 0 Å². The molecule has 0 bridgehead atoms. The van der Waals surface area contributed by atoms with Gasteiger partial charge in [-0.05, 0) is 111 Å². The fourth-order valence-corrected chi connectivity index (χ4v) is 10.6. The van der Waals surface area contributed by atoms with E-state index in [4.69, 9.17) is 0 Å². The Morgan fingerprint density at radius 1 is 0.949 bits per heavy atom. The standard InChI is InChI=1S/C37H54OS/c1-5-6-7-8-9-13-16-29-18-20-33-32-19-17-30-26-31(21-23-37(30,4)34(32)22-24-36(29,33)3)39-35(38)27(2)25-28-14-11-10-12-15-28/h10-12,14-15,17,25,29,31-34H,5-9,13,16,18-24,26H2,1-4H3. The SMILES string of the molecule is CCCCCCCCC1CCC2C3CC=C4CC(SC(=O)C(C)=Cc5ccccc5)CCC4(C)C3CCC12C. The van der Waals surface area contributed by atoms with Crippen LogP contribution in [0.15, 0.2) is 47.6 Å². The molecule has 0 heterocycles. The number of hydrogen-bond acceptors (Lipinski definition) is 2. The molecule has 4 aliphatic rings. The average molecular weight is 547 g/mol. The van der Waals surface area contributed by atoms with Gasteiger partial charge in [-0.3, -0.25) is 4.79 Å². The first-order valence-corrected chi connectivity index (χ1v) is 17.4. The quantitative estimate of drug-likeness (QED) is 0.165. The molecular formula is C37H54OS. The molecule has 0 spiro atoms. The molecule has 0 aliphatic heterocycles. The van der Waals surface area contributed by atoms with Gasteiger partial charge in [-0.1, -0.05) is 113 Å². The molecule has 0 saturated heterocycles. The molecule has 0 N–H and O–H groups in total. The van der Waals surface area contributed by atoms with Crippen molar-refractivity contribution in [2.75, 3.05) is 0 Å². The second kappa shape index (κ2) is 12.7. The van der Waals surface area contributed by atoms with Crippen LogP contribution >= 0.6 is 11.8 Å². The van der Waals surface area contributed by atoms with Crippen molar-refractivity contribution in [1.29, 1.82) is 0 Å². The van der Waals surface area contributed by atoms with E-state index in [1.807, 2.05) is 31.2 Å². The van der Waals surface area contributed by atoms with Crippen LogP contribution in [0.3, 0.4) is 0 Å². The van der Waals surface area contributed by atoms with Gasteiger partial charge in [0.05, 0.1) is 0 Å². The lowest BCUT2D eigenvalue weighted by molar-refractivity contribution is -0.107. The number of rotatable bonds is 10. The highest BCUT2D eigenvalue weighted by atomic mass is 32.2. The third-order valence-corrected chi connectivity index (χ3v) is 13.2. The summed E-state index contributed by atoms with van der Waals surface area (Å²) in [5.74, 6) is 3.67. The Hall–Kier alpha value is -1.28. The zero-order valence-electron chi connectivity index (χ0n) is 25.4. The van der Waals surface area contributed by atoms with E-state index in [1.165, 1.54) is 89.9 Å². The van der Waals surface area contributed by atoms with Crippen molar-refractivity contribution in [3.63, 3.8) is 0 Å². The van der Waals surface area contributed by atoms with Gasteiger partial charge in [0.25, 0.3) is 0 Å². The molecule has 3 fully saturated rings. The van der Waals surface area contributed by atoms with Crippen molar-refractivity contribution in [1.82, 2.24) is 0 Å². The largest absolute Gasteiger partial charge is 0.282 e. The van der Waals surface area contributed by atoms with E-state index in [1.54, 1.807) is 17.3 Å². The van der Waals surface area contributed by atoms with Gasteiger partial charge < -0.3 is 0 Å². The Labute approximate surface area is 244 Å². The first-order valence-electron chi connectivity index (χ1n) is 16.5. The molecule has 5 rings (SSSR count). The third-order valence-electron chi connectivity index (χ3n) is 11.9. The summed E-state index contributed by atoms with van der Waals surface area (Å²) in [7, 11) is 0. The first-order chi connectivity index (χ1) is 18.8. The fraction of sp³-hybridized carbons (Fsp3) is 0.703. The molecule has 7 unspecified atom stereocenters. The lowest BCUT2D eigenvalue weighted by atomic mass is 9.47. The maximum atomic E-state index is 13.1. The molecule has 0 amide bonds. The first kappa shape index (κ1) is 29.2. The van der Waals surface area contributed by atoms with Crippen LogP contribution in [0.25, 0.3) is 6.08 Å². The van der Waals surface area contributed by atoms with Crippen molar-refractivity contribution in [2.45, 2.75) is 129 Å². The van der Waals surface area contributed by atoms with Crippen molar-refractivity contribution in [2.24, 2.45) is 34.5 Å². The van der Waals surface area contributed by atoms with E-state index in [-0.39, 0.29) is 5.12 Å². The van der Waals surface area contributed by atoms with Crippen LogP contribution in [0, 0.1) is 34.5 Å². The predicted octanol–water partition coefficient (Wildman–Crippen LogP) is 11.0. The molecule has 214 valence electrons. The van der Waals surface area contributed by atoms with Crippen LogP contribution in [-0.2, 0) is 4.79 Å². The number of carbonyl (C=O) groups excluding carboxylic acids is 1. The highest BCUT2D eigenvalue weighted by Gasteiger charge is 2.58. The number of allylic oxidation sites excluding steroid dienone is 2. The summed E-state index contributed by atoms with van der Waals surface area (Å²) < 4.78 is 0. The Bertz CT molecular complexity index is 1040. The van der Waals surface area contributed by atoms with Gasteiger partial charge in [-0.25, -0.2) is 0 Å². The average Bonchev–Trinajstić information content (AvgIpc) is 3.27. The molecule has 7 atom stereocenters. The Morgan fingerprint density at radius 3 is 2.51 bits per heavy atom. The van der Waals surface area contributed by atoms with Gasteiger partial charge >= 0.3 is 0 Å². The summed E-state index contributed by atoms with van der Waals surface area (Å²) >= 11 is 1.61. The summed E-state index contributed by atoms with van der Waals surface area (Å²) in [6, 6.07) is 10.3. The summed E-state index contributed by atoms with van der Waals surface area (Å²) in [6.45, 7) is 9.62. The van der Waals surface area contributed by atoms with E-state index >= 15 is 0 Å². The molecule has 3 saturated carbocycles. The van der Waals surface area contributed by atoms with Crippen molar-refractivity contribution in [3.05, 3.63) is 53.1 Å². The van der Waals surface area contributed by atoms with Crippen LogP contribution in [0.2, 0.25) is 0 Å². The summed E-state index contributed by atoms with van der Waals surface area (Å²) in [5, 5.41) is 0.701. The minimum atomic E-state index is 0.262. The molecule has 2 heteroatoms. The number of fused-ring (bicyclic) bond motifs is 5. The van der Waals surface area contributed by atoms with Crippen LogP contribution in [-0.4, -0.2) is 10.4 Å². The second-order valence-electron chi connectivity index (χ2n) is 14.1. The normalized spacial score (nSPS) is 36.1. The minimum absolute atomic E-state index is 0.262. The lowest BCUT2D eigenvalue weighted by Crippen LogP contribution is -2.50. The molecule has 0 radical (unpaired) electrons. The van der Waals surface area contributed by atoms with E-state index in [2.05, 4.69) is 39.0 Å². The smallest absolute Gasteiger partial charge is 0.215 e. The van der Waals surface area contributed by atoms with Crippen molar-refractivity contribution >= 4 is 23.0 Å². The maximum Gasteiger partial charge on any atom is 0.215 e. The zero-order chi connectivity index (χ0) is 27.5. The van der Waals surface area contributed by atoms with Crippen LogP contribution in [0.5, 0.6) is 0 Å². The molecule has 1 nitrogen and oxygen atoms in total. The van der Waals surface area contributed by atoms with Crippen LogP contribution in [0.4, 0.5) is 0 Å². The minimum Gasteiger partial charge on any atom is -0.282 e. The lowest BCUT2D eigenvalue weighted by Gasteiger charge is -2.58. The second-order valence-corrected chi connectivity index (χ2v) is 15.4. The summed E-state index contributed by atoms with van der Waals surface area (Å²) in [6.07, 6.45) is 25.6. The molecule has 39 heavy (non-hydrogen) atoms. The maximum absolute atomic E-state index is 13.1. The van der Waals surface area contributed by atoms with E-state index < -0.39 is 0 Å². The number of benzene rings is 1. The number of thioether (sulfide) groups is 1. The van der Waals surface area contributed by atoms with Crippen molar-refractivity contribution in [3.8, 4) is 0 Å². The van der Waals surface area contributed by atoms with Crippen molar-refractivity contribution < 1.29 is 4.79 Å². The fourth-order valence-electron chi connectivity index (χ4n) is 9.58. The number of carbonyl (C=O) groups is 1. The Morgan fingerprint density at radius 2 is 1.72 bits per heavy atom. The highest BCUT2D eigenvalue weighted by Crippen LogP contribution is 2.67. The third kappa shape index (κ3) is 6.17. The van der Waals surface area contributed by atoms with Gasteiger partial charge in [-0.2, -0.15) is 0 Å². The number of hydrogen-bond donors (Lipinski definition) is 0. The molecule has 0 aromatic heterocycles. The molecular weight excluding hydrogens is 492 g/mol. The van der Waals surface area contributed by atoms with Gasteiger partial charge in [0, 0.05) is 10.8 Å². The summed E-state index contributed by atoms with van der Waals surface area (Å²) in [5.41, 5.74) is 4.66. The van der Waals surface area contributed by atoms with E-state index in [9.17, 15) is 4.79 Å². The highest BCUT2D eigenvalue weighted by molar-refractivity contribution is 8.14. The van der Waals surface area contributed by atoms with E-state index in [0.717, 1.165) is 41.2 Å². The van der Waals surface area contributed by atoms with Gasteiger partial charge in [0.2, 0.25) is 5.12 Å². The van der Waals surface area contributed by atoms with Crippen LogP contribution in [0.1, 0.15) is 130 Å². The molecule has 1 aromatic carbocycles. The Kier molecular flexibility index (Phi) is 9.52. The zero-order valence-corrected chi connectivity index (χ0v) is 26.2. The molecule has 4 aliphatic carbocycles. The predicted molar refractivity (Wildman–Crippen MR) is 170 cm³/mol. The topological polar surface area (TPSA) is 17.1 Å².